The van der Waals surface area contributed by atoms with Crippen molar-refractivity contribution in [3.63, 3.8) is 0 Å². The van der Waals surface area contributed by atoms with Crippen molar-refractivity contribution >= 4 is 6.21 Å². The minimum atomic E-state index is 1.50. The van der Waals surface area contributed by atoms with E-state index in [2.05, 4.69) is 31.3 Å². The highest BCUT2D eigenvalue weighted by molar-refractivity contribution is 5.53. The SMILES string of the molecule is C=C.C=C/C=C\C.C=CN=CC.CC.CC. The molecule has 0 saturated heterocycles. The molecule has 0 bridgehead atoms. The normalized spacial score (nSPS) is 6.62. The summed E-state index contributed by atoms with van der Waals surface area (Å²) in [7, 11) is 0. The third kappa shape index (κ3) is 247. The van der Waals surface area contributed by atoms with Crippen LogP contribution in [0.25, 0.3) is 0 Å². The van der Waals surface area contributed by atoms with Crippen LogP contribution in [-0.4, -0.2) is 6.21 Å². The lowest BCUT2D eigenvalue weighted by atomic mass is 10.5. The van der Waals surface area contributed by atoms with Gasteiger partial charge in [0.05, 0.1) is 0 Å². The first-order chi connectivity index (χ1) is 7.83. The van der Waals surface area contributed by atoms with Crippen LogP contribution >= 0.6 is 0 Å². The zero-order chi connectivity index (χ0) is 14.2. The highest BCUT2D eigenvalue weighted by Crippen LogP contribution is 1.64. The first-order valence-electron chi connectivity index (χ1n) is 5.65. The molecular formula is C15H31N. The summed E-state index contributed by atoms with van der Waals surface area (Å²) < 4.78 is 0. The molecular weight excluding hydrogens is 194 g/mol. The van der Waals surface area contributed by atoms with Gasteiger partial charge in [-0.2, -0.15) is 0 Å². The van der Waals surface area contributed by atoms with Gasteiger partial charge in [-0.25, -0.2) is 0 Å². The minimum absolute atomic E-state index is 1.50. The number of aliphatic imine (C=N–C) groups is 1. The van der Waals surface area contributed by atoms with Crippen molar-refractivity contribution in [1.29, 1.82) is 0 Å². The lowest BCUT2D eigenvalue weighted by Gasteiger charge is -1.58. The topological polar surface area (TPSA) is 12.4 Å². The summed E-state index contributed by atoms with van der Waals surface area (Å²) in [6.07, 6.45) is 8.76. The average Bonchev–Trinajstić information content (AvgIpc) is 2.39. The molecule has 0 heterocycles. The molecule has 0 spiro atoms. The van der Waals surface area contributed by atoms with Crippen molar-refractivity contribution in [2.45, 2.75) is 41.5 Å². The van der Waals surface area contributed by atoms with Gasteiger partial charge in [-0.05, 0) is 13.8 Å². The number of hydrogen-bond donors (Lipinski definition) is 0. The molecule has 0 aliphatic heterocycles. The van der Waals surface area contributed by atoms with Crippen molar-refractivity contribution in [3.05, 3.63) is 50.7 Å². The Bertz CT molecular complexity index is 116. The number of allylic oxidation sites excluding steroid dienone is 3. The third-order valence-corrected chi connectivity index (χ3v) is 0.583. The molecule has 0 aliphatic rings. The molecule has 0 fully saturated rings. The van der Waals surface area contributed by atoms with Gasteiger partial charge >= 0.3 is 0 Å². The van der Waals surface area contributed by atoms with Crippen molar-refractivity contribution in [2.24, 2.45) is 4.99 Å². The van der Waals surface area contributed by atoms with E-state index in [0.717, 1.165) is 0 Å². The monoisotopic (exact) mass is 225 g/mol. The largest absolute Gasteiger partial charge is 0.270 e. The van der Waals surface area contributed by atoms with Gasteiger partial charge in [0, 0.05) is 12.4 Å². The van der Waals surface area contributed by atoms with Crippen LogP contribution in [0, 0.1) is 0 Å². The minimum Gasteiger partial charge on any atom is -0.270 e. The van der Waals surface area contributed by atoms with Crippen LogP contribution < -0.4 is 0 Å². The van der Waals surface area contributed by atoms with Crippen molar-refractivity contribution in [2.75, 3.05) is 0 Å². The maximum absolute atomic E-state index is 3.61. The maximum Gasteiger partial charge on any atom is 0.0191 e. The smallest absolute Gasteiger partial charge is 0.0191 e. The van der Waals surface area contributed by atoms with Crippen LogP contribution in [0.15, 0.2) is 55.7 Å². The maximum atomic E-state index is 3.61. The molecule has 0 N–H and O–H groups in total. The van der Waals surface area contributed by atoms with Crippen LogP contribution in [0.4, 0.5) is 0 Å². The van der Waals surface area contributed by atoms with E-state index in [9.17, 15) is 0 Å². The standard InChI is InChI=1S/C5H8.C4H7N.2C2H6.C2H4/c2*1-3-5-4-2;3*1-2/h3-5H,1H2,2H3;3-4H,1H2,2H3;2*1-2H3;1-2H2/b5-4-;;;;. The Morgan fingerprint density at radius 1 is 0.875 bits per heavy atom. The van der Waals surface area contributed by atoms with Crippen LogP contribution in [-0.2, 0) is 0 Å². The second-order valence-electron chi connectivity index (χ2n) is 1.35. The Labute approximate surface area is 104 Å². The van der Waals surface area contributed by atoms with E-state index >= 15 is 0 Å². The molecule has 1 nitrogen and oxygen atoms in total. The summed E-state index contributed by atoms with van der Waals surface area (Å²) >= 11 is 0. The van der Waals surface area contributed by atoms with Gasteiger partial charge in [0.15, 0.2) is 0 Å². The summed E-state index contributed by atoms with van der Waals surface area (Å²) in [5.41, 5.74) is 0. The molecule has 0 amide bonds. The number of nitrogens with zero attached hydrogens (tertiary/aromatic N) is 1. The van der Waals surface area contributed by atoms with Crippen LogP contribution in [0.2, 0.25) is 0 Å². The van der Waals surface area contributed by atoms with Crippen LogP contribution in [0.3, 0.4) is 0 Å². The number of hydrogen-bond acceptors (Lipinski definition) is 1. The van der Waals surface area contributed by atoms with Gasteiger partial charge in [0.25, 0.3) is 0 Å². The molecule has 0 radical (unpaired) electrons. The highest BCUT2D eigenvalue weighted by Gasteiger charge is 1.42. The Hall–Kier alpha value is -1.37. The summed E-state index contributed by atoms with van der Waals surface area (Å²) in [5.74, 6) is 0. The summed E-state index contributed by atoms with van der Waals surface area (Å²) in [5, 5.41) is 0. The average molecular weight is 225 g/mol. The van der Waals surface area contributed by atoms with Crippen LogP contribution in [0.5, 0.6) is 0 Å². The Balaban J connectivity index is -0.0000000345. The van der Waals surface area contributed by atoms with Gasteiger partial charge in [-0.1, -0.05) is 59.1 Å². The van der Waals surface area contributed by atoms with Crippen molar-refractivity contribution in [3.8, 4) is 0 Å². The molecule has 0 aliphatic carbocycles. The summed E-state index contributed by atoms with van der Waals surface area (Å²) in [6, 6.07) is 0. The zero-order valence-corrected chi connectivity index (χ0v) is 12.2. The van der Waals surface area contributed by atoms with E-state index in [0.29, 0.717) is 0 Å². The molecule has 0 rings (SSSR count). The van der Waals surface area contributed by atoms with E-state index in [1.165, 1.54) is 6.20 Å². The molecule has 96 valence electrons. The van der Waals surface area contributed by atoms with Gasteiger partial charge < -0.3 is 0 Å². The fourth-order valence-corrected chi connectivity index (χ4v) is 0.241. The molecule has 0 aromatic carbocycles. The van der Waals surface area contributed by atoms with E-state index in [1.807, 2.05) is 53.7 Å². The second-order valence-corrected chi connectivity index (χ2v) is 1.35. The molecule has 0 aromatic heterocycles. The van der Waals surface area contributed by atoms with Gasteiger partial charge in [0.2, 0.25) is 0 Å². The molecule has 16 heavy (non-hydrogen) atoms. The van der Waals surface area contributed by atoms with E-state index in [1.54, 1.807) is 12.3 Å². The lowest BCUT2D eigenvalue weighted by molar-refractivity contribution is 1.50. The predicted octanol–water partition coefficient (Wildman–Crippen LogP) is 5.82. The molecule has 0 saturated carbocycles. The lowest BCUT2D eigenvalue weighted by Crippen LogP contribution is -1.46. The van der Waals surface area contributed by atoms with Gasteiger partial charge in [0.1, 0.15) is 0 Å². The summed E-state index contributed by atoms with van der Waals surface area (Å²) in [6.45, 7) is 24.6. The Kier molecular flexibility index (Phi) is 186. The first kappa shape index (κ1) is 29.3. The van der Waals surface area contributed by atoms with E-state index in [-0.39, 0.29) is 0 Å². The fourth-order valence-electron chi connectivity index (χ4n) is 0.241. The Morgan fingerprint density at radius 3 is 1.25 bits per heavy atom. The molecule has 0 atom stereocenters. The van der Waals surface area contributed by atoms with Crippen molar-refractivity contribution < 1.29 is 0 Å². The predicted molar refractivity (Wildman–Crippen MR) is 83.3 cm³/mol. The first-order valence-corrected chi connectivity index (χ1v) is 5.65. The van der Waals surface area contributed by atoms with Crippen LogP contribution in [0.1, 0.15) is 41.5 Å². The number of rotatable bonds is 2. The quantitative estimate of drug-likeness (QED) is 0.319. The van der Waals surface area contributed by atoms with Gasteiger partial charge in [-0.15, -0.1) is 13.2 Å². The molecule has 0 aromatic rings. The third-order valence-electron chi connectivity index (χ3n) is 0.583. The van der Waals surface area contributed by atoms with Gasteiger partial charge in [-0.3, -0.25) is 4.99 Å². The Morgan fingerprint density at radius 2 is 1.25 bits per heavy atom. The van der Waals surface area contributed by atoms with E-state index < -0.39 is 0 Å². The van der Waals surface area contributed by atoms with E-state index in [4.69, 9.17) is 0 Å². The fraction of sp³-hybridized carbons (Fsp3) is 0.400. The second kappa shape index (κ2) is 101. The highest BCUT2D eigenvalue weighted by atomic mass is 14.6. The summed E-state index contributed by atoms with van der Waals surface area (Å²) in [4.78, 5) is 3.61. The van der Waals surface area contributed by atoms with Crippen molar-refractivity contribution in [1.82, 2.24) is 0 Å². The zero-order valence-electron chi connectivity index (χ0n) is 12.2. The molecule has 0 unspecified atom stereocenters. The molecule has 1 heteroatoms.